The Morgan fingerprint density at radius 3 is 2.96 bits per heavy atom. The number of benzene rings is 1. The van der Waals surface area contributed by atoms with Gasteiger partial charge in [-0.2, -0.15) is 5.26 Å². The molecule has 1 amide bonds. The monoisotopic (exact) mass is 372 g/mol. The topological polar surface area (TPSA) is 104 Å². The number of aryl methyl sites for hydroxylation is 1. The highest BCUT2D eigenvalue weighted by Crippen LogP contribution is 2.31. The van der Waals surface area contributed by atoms with E-state index in [9.17, 15) is 4.79 Å². The third-order valence-electron chi connectivity index (χ3n) is 3.82. The molecule has 8 heteroatoms. The number of nitriles is 1. The van der Waals surface area contributed by atoms with Gasteiger partial charge in [0.15, 0.2) is 5.76 Å². The number of fused-ring (bicyclic) bond motifs is 1. The van der Waals surface area contributed by atoms with E-state index in [1.54, 1.807) is 25.1 Å². The quantitative estimate of drug-likeness (QED) is 0.689. The molecule has 134 valence electrons. The molecular formula is C18H17ClN4O3. The second-order valence-corrected chi connectivity index (χ2v) is 6.36. The fraction of sp³-hybridized carbons (Fsp3) is 0.278. The van der Waals surface area contributed by atoms with Gasteiger partial charge in [0.25, 0.3) is 0 Å². The molecular weight excluding hydrogens is 356 g/mol. The van der Waals surface area contributed by atoms with Crippen LogP contribution in [0.4, 0.5) is 0 Å². The van der Waals surface area contributed by atoms with E-state index in [4.69, 9.17) is 26.1 Å². The molecule has 2 aromatic heterocycles. The summed E-state index contributed by atoms with van der Waals surface area (Å²) in [6, 6.07) is 9.17. The Morgan fingerprint density at radius 1 is 1.46 bits per heavy atom. The van der Waals surface area contributed by atoms with Gasteiger partial charge in [-0.1, -0.05) is 16.8 Å². The smallest absolute Gasteiger partial charge is 0.237 e. The Labute approximate surface area is 154 Å². The first-order valence-corrected chi connectivity index (χ1v) is 8.37. The van der Waals surface area contributed by atoms with Crippen molar-refractivity contribution in [3.8, 4) is 11.8 Å². The molecule has 2 heterocycles. The number of nitrogens with zero attached hydrogens (tertiary/aromatic N) is 2. The van der Waals surface area contributed by atoms with Crippen LogP contribution in [0.5, 0.6) is 5.75 Å². The summed E-state index contributed by atoms with van der Waals surface area (Å²) < 4.78 is 10.8. The normalized spacial score (nSPS) is 11.9. The van der Waals surface area contributed by atoms with Gasteiger partial charge in [0.05, 0.1) is 23.3 Å². The van der Waals surface area contributed by atoms with Crippen molar-refractivity contribution < 1.29 is 14.1 Å². The largest absolute Gasteiger partial charge is 0.484 e. The summed E-state index contributed by atoms with van der Waals surface area (Å²) in [6.45, 7) is 3.91. The summed E-state index contributed by atoms with van der Waals surface area (Å²) in [7, 11) is 0. The van der Waals surface area contributed by atoms with Crippen molar-refractivity contribution in [1.29, 1.82) is 5.26 Å². The van der Waals surface area contributed by atoms with E-state index >= 15 is 0 Å². The van der Waals surface area contributed by atoms with Crippen LogP contribution in [0.2, 0.25) is 5.02 Å². The fourth-order valence-corrected chi connectivity index (χ4v) is 2.65. The molecule has 0 fully saturated rings. The number of carbonyl (C=O) groups excluding carboxylic acids is 1. The minimum atomic E-state index is -0.687. The summed E-state index contributed by atoms with van der Waals surface area (Å²) in [6.07, 6.45) is 0. The maximum Gasteiger partial charge on any atom is 0.237 e. The molecule has 0 spiro atoms. The Hall–Kier alpha value is -2.98. The van der Waals surface area contributed by atoms with Crippen molar-refractivity contribution in [2.75, 3.05) is 0 Å². The number of aromatic amines is 1. The predicted octanol–water partition coefficient (Wildman–Crippen LogP) is 3.47. The van der Waals surface area contributed by atoms with Gasteiger partial charge in [0, 0.05) is 28.7 Å². The molecule has 0 radical (unpaired) electrons. The molecule has 0 aliphatic heterocycles. The lowest BCUT2D eigenvalue weighted by Gasteiger charge is -2.06. The molecule has 3 rings (SSSR count). The average molecular weight is 373 g/mol. The lowest BCUT2D eigenvalue weighted by atomic mass is 10.2. The van der Waals surface area contributed by atoms with E-state index in [1.807, 2.05) is 19.1 Å². The number of halogens is 1. The molecule has 3 aromatic rings. The van der Waals surface area contributed by atoms with Gasteiger partial charge in [-0.15, -0.1) is 0 Å². The Morgan fingerprint density at radius 2 is 2.27 bits per heavy atom. The first kappa shape index (κ1) is 17.8. The van der Waals surface area contributed by atoms with Crippen molar-refractivity contribution in [3.63, 3.8) is 0 Å². The number of H-pyrrole nitrogens is 1. The maximum atomic E-state index is 11.7. The molecule has 0 saturated heterocycles. The van der Waals surface area contributed by atoms with Gasteiger partial charge in [-0.05, 0) is 26.0 Å². The Balaban J connectivity index is 1.71. The van der Waals surface area contributed by atoms with Crippen molar-refractivity contribution >= 4 is 28.4 Å². The summed E-state index contributed by atoms with van der Waals surface area (Å²) in [4.78, 5) is 14.9. The van der Waals surface area contributed by atoms with E-state index in [0.29, 0.717) is 23.1 Å². The zero-order valence-corrected chi connectivity index (χ0v) is 15.1. The SMILES string of the molecule is Cc1cc(COc2cc3[nH]c(CNC(=O)[C@@H](C)C#N)cc3cc2Cl)on1. The molecule has 0 aliphatic rings. The third kappa shape index (κ3) is 3.98. The molecule has 2 N–H and O–H groups in total. The summed E-state index contributed by atoms with van der Waals surface area (Å²) in [5, 5.41) is 16.6. The second-order valence-electron chi connectivity index (χ2n) is 5.96. The zero-order chi connectivity index (χ0) is 18.7. The van der Waals surface area contributed by atoms with Crippen LogP contribution in [-0.2, 0) is 17.9 Å². The van der Waals surface area contributed by atoms with Crippen LogP contribution in [0.25, 0.3) is 10.9 Å². The highest BCUT2D eigenvalue weighted by atomic mass is 35.5. The van der Waals surface area contributed by atoms with Gasteiger partial charge in [0.2, 0.25) is 5.91 Å². The van der Waals surface area contributed by atoms with E-state index in [0.717, 1.165) is 22.3 Å². The molecule has 0 unspecified atom stereocenters. The minimum Gasteiger partial charge on any atom is -0.484 e. The molecule has 0 aliphatic carbocycles. The standard InChI is InChI=1S/C18H17ClN4O3/c1-10(7-20)18(24)21-8-13-4-12-5-15(19)17(6-16(12)22-13)25-9-14-3-11(2)23-26-14/h3-6,10,22H,8-9H2,1-2H3,(H,21,24)/t10-/m0/s1. The van der Waals surface area contributed by atoms with Gasteiger partial charge >= 0.3 is 0 Å². The lowest BCUT2D eigenvalue weighted by molar-refractivity contribution is -0.123. The highest BCUT2D eigenvalue weighted by molar-refractivity contribution is 6.32. The number of aromatic nitrogens is 2. The van der Waals surface area contributed by atoms with Crippen molar-refractivity contribution in [2.24, 2.45) is 5.92 Å². The van der Waals surface area contributed by atoms with Gasteiger partial charge in [-0.25, -0.2) is 0 Å². The van der Waals surface area contributed by atoms with Crippen LogP contribution in [0.1, 0.15) is 24.1 Å². The first-order chi connectivity index (χ1) is 12.5. The van der Waals surface area contributed by atoms with Crippen LogP contribution >= 0.6 is 11.6 Å². The summed E-state index contributed by atoms with van der Waals surface area (Å²) >= 11 is 6.28. The van der Waals surface area contributed by atoms with Gasteiger partial charge in [0.1, 0.15) is 18.3 Å². The number of hydrogen-bond acceptors (Lipinski definition) is 5. The number of ether oxygens (including phenoxy) is 1. The van der Waals surface area contributed by atoms with Crippen LogP contribution in [0.3, 0.4) is 0 Å². The number of amides is 1. The van der Waals surface area contributed by atoms with Crippen LogP contribution in [0.15, 0.2) is 28.8 Å². The minimum absolute atomic E-state index is 0.224. The lowest BCUT2D eigenvalue weighted by Crippen LogP contribution is -2.27. The van der Waals surface area contributed by atoms with E-state index in [2.05, 4.69) is 15.5 Å². The second kappa shape index (κ2) is 7.50. The van der Waals surface area contributed by atoms with Crippen molar-refractivity contribution in [1.82, 2.24) is 15.5 Å². The predicted molar refractivity (Wildman–Crippen MR) is 95.5 cm³/mol. The maximum absolute atomic E-state index is 11.7. The highest BCUT2D eigenvalue weighted by Gasteiger charge is 2.13. The molecule has 0 bridgehead atoms. The molecule has 26 heavy (non-hydrogen) atoms. The van der Waals surface area contributed by atoms with Crippen molar-refractivity contribution in [2.45, 2.75) is 27.0 Å². The number of nitrogens with one attached hydrogen (secondary N) is 2. The summed E-state index contributed by atoms with van der Waals surface area (Å²) in [5.41, 5.74) is 2.42. The van der Waals surface area contributed by atoms with E-state index < -0.39 is 5.92 Å². The van der Waals surface area contributed by atoms with Crippen LogP contribution in [0, 0.1) is 24.2 Å². The fourth-order valence-electron chi connectivity index (χ4n) is 2.43. The van der Waals surface area contributed by atoms with Crippen LogP contribution < -0.4 is 10.1 Å². The first-order valence-electron chi connectivity index (χ1n) is 7.99. The van der Waals surface area contributed by atoms with Gasteiger partial charge < -0.3 is 19.6 Å². The number of carbonyl (C=O) groups is 1. The van der Waals surface area contributed by atoms with Crippen LogP contribution in [-0.4, -0.2) is 16.0 Å². The number of rotatable bonds is 6. The Bertz CT molecular complexity index is 986. The molecule has 1 aromatic carbocycles. The third-order valence-corrected chi connectivity index (χ3v) is 4.11. The number of hydrogen-bond donors (Lipinski definition) is 2. The van der Waals surface area contributed by atoms with E-state index in [-0.39, 0.29) is 12.5 Å². The van der Waals surface area contributed by atoms with Crippen molar-refractivity contribution in [3.05, 3.63) is 46.4 Å². The average Bonchev–Trinajstić information content (AvgIpc) is 3.22. The van der Waals surface area contributed by atoms with Gasteiger partial charge in [-0.3, -0.25) is 4.79 Å². The molecule has 1 atom stereocenters. The molecule has 0 saturated carbocycles. The Kier molecular flexibility index (Phi) is 5.14. The summed E-state index contributed by atoms with van der Waals surface area (Å²) in [5.74, 6) is 0.132. The zero-order valence-electron chi connectivity index (χ0n) is 14.3. The van der Waals surface area contributed by atoms with E-state index in [1.165, 1.54) is 0 Å². The molecule has 7 nitrogen and oxygen atoms in total.